The molecule has 2 aliphatic carbocycles. The lowest BCUT2D eigenvalue weighted by atomic mass is 9.64. The molecule has 196 valence electrons. The summed E-state index contributed by atoms with van der Waals surface area (Å²) >= 11 is 0. The molecular weight excluding hydrogens is 456 g/mol. The SMILES string of the molecule is C[C@@H]1CC[C@@H](C(C)(C)c2ccc3ccccc3c2)[C@H](OC2=C[C@@H](c3ccco3)[C@H](/C=N/N(C)C)[C@H]2C)C1. The highest BCUT2D eigenvalue weighted by Gasteiger charge is 2.44. The average Bonchev–Trinajstić information content (AvgIpc) is 3.51. The lowest BCUT2D eigenvalue weighted by molar-refractivity contribution is -0.0195. The summed E-state index contributed by atoms with van der Waals surface area (Å²) in [5, 5.41) is 9.07. The first-order chi connectivity index (χ1) is 17.7. The summed E-state index contributed by atoms with van der Waals surface area (Å²) in [6.07, 6.45) is 9.84. The van der Waals surface area contributed by atoms with Crippen molar-refractivity contribution in [2.75, 3.05) is 14.1 Å². The van der Waals surface area contributed by atoms with E-state index in [1.54, 1.807) is 6.26 Å². The highest BCUT2D eigenvalue weighted by Crippen LogP contribution is 2.48. The van der Waals surface area contributed by atoms with Crippen LogP contribution in [0.5, 0.6) is 0 Å². The van der Waals surface area contributed by atoms with E-state index >= 15 is 0 Å². The van der Waals surface area contributed by atoms with Crippen molar-refractivity contribution in [2.45, 2.75) is 64.4 Å². The summed E-state index contributed by atoms with van der Waals surface area (Å²) in [4.78, 5) is 0. The van der Waals surface area contributed by atoms with E-state index in [-0.39, 0.29) is 29.3 Å². The lowest BCUT2D eigenvalue weighted by Gasteiger charge is -2.45. The predicted molar refractivity (Wildman–Crippen MR) is 153 cm³/mol. The summed E-state index contributed by atoms with van der Waals surface area (Å²) in [5.41, 5.74) is 1.40. The van der Waals surface area contributed by atoms with E-state index < -0.39 is 0 Å². The zero-order valence-corrected chi connectivity index (χ0v) is 23.2. The van der Waals surface area contributed by atoms with Gasteiger partial charge in [-0.25, -0.2) is 0 Å². The van der Waals surface area contributed by atoms with Crippen LogP contribution in [0.4, 0.5) is 0 Å². The van der Waals surface area contributed by atoms with E-state index in [1.165, 1.54) is 29.2 Å². The molecule has 2 aromatic carbocycles. The molecule has 4 nitrogen and oxygen atoms in total. The molecule has 0 amide bonds. The number of fused-ring (bicyclic) bond motifs is 1. The quantitative estimate of drug-likeness (QED) is 0.245. The van der Waals surface area contributed by atoms with Gasteiger partial charge < -0.3 is 14.2 Å². The van der Waals surface area contributed by atoms with Gasteiger partial charge in [-0.1, -0.05) is 76.6 Å². The largest absolute Gasteiger partial charge is 0.494 e. The molecule has 3 aromatic rings. The zero-order valence-electron chi connectivity index (χ0n) is 23.2. The van der Waals surface area contributed by atoms with Crippen LogP contribution in [0, 0.1) is 23.7 Å². The Morgan fingerprint density at radius 2 is 1.78 bits per heavy atom. The van der Waals surface area contributed by atoms with Crippen LogP contribution < -0.4 is 0 Å². The number of rotatable bonds is 7. The fourth-order valence-corrected chi connectivity index (χ4v) is 6.54. The fraction of sp³-hybridized carbons (Fsp3) is 0.485. The van der Waals surface area contributed by atoms with E-state index in [4.69, 9.17) is 9.15 Å². The van der Waals surface area contributed by atoms with Crippen molar-refractivity contribution in [1.82, 2.24) is 5.01 Å². The number of nitrogens with zero attached hydrogens (tertiary/aromatic N) is 2. The highest BCUT2D eigenvalue weighted by molar-refractivity contribution is 5.83. The van der Waals surface area contributed by atoms with Crippen molar-refractivity contribution in [2.24, 2.45) is 28.8 Å². The molecule has 0 N–H and O–H groups in total. The summed E-state index contributed by atoms with van der Waals surface area (Å²) in [5.74, 6) is 3.75. The molecule has 0 unspecified atom stereocenters. The second kappa shape index (κ2) is 10.4. The maximum Gasteiger partial charge on any atom is 0.111 e. The molecular formula is C33H42N2O2. The van der Waals surface area contributed by atoms with Gasteiger partial charge in [0.25, 0.3) is 0 Å². The Hall–Kier alpha value is -3.01. The summed E-state index contributed by atoms with van der Waals surface area (Å²) in [6.45, 7) is 9.48. The minimum atomic E-state index is 0.00341. The number of hydrogen-bond donors (Lipinski definition) is 0. The van der Waals surface area contributed by atoms with E-state index in [1.807, 2.05) is 25.2 Å². The van der Waals surface area contributed by atoms with Crippen LogP contribution in [-0.2, 0) is 10.2 Å². The Labute approximate surface area is 222 Å². The Morgan fingerprint density at radius 1 is 1.00 bits per heavy atom. The van der Waals surface area contributed by atoms with Crippen LogP contribution in [0.1, 0.15) is 64.2 Å². The van der Waals surface area contributed by atoms with Crippen LogP contribution >= 0.6 is 0 Å². The van der Waals surface area contributed by atoms with Crippen molar-refractivity contribution < 1.29 is 9.15 Å². The van der Waals surface area contributed by atoms with Crippen molar-refractivity contribution in [1.29, 1.82) is 0 Å². The molecule has 0 bridgehead atoms. The number of hydrogen-bond acceptors (Lipinski definition) is 4. The molecule has 4 heteroatoms. The molecule has 0 saturated heterocycles. The topological polar surface area (TPSA) is 38.0 Å². The summed E-state index contributed by atoms with van der Waals surface area (Å²) < 4.78 is 12.9. The summed E-state index contributed by atoms with van der Waals surface area (Å²) in [7, 11) is 3.93. The van der Waals surface area contributed by atoms with Gasteiger partial charge in [0.2, 0.25) is 0 Å². The van der Waals surface area contributed by atoms with Crippen LogP contribution in [0.25, 0.3) is 10.8 Å². The van der Waals surface area contributed by atoms with Crippen LogP contribution in [-0.4, -0.2) is 31.4 Å². The third-order valence-corrected chi connectivity index (χ3v) is 8.89. The second-order valence-corrected chi connectivity index (χ2v) is 12.1. The first-order valence-electron chi connectivity index (χ1n) is 13.9. The van der Waals surface area contributed by atoms with Gasteiger partial charge in [-0.3, -0.25) is 0 Å². The van der Waals surface area contributed by atoms with E-state index in [2.05, 4.69) is 93.6 Å². The number of allylic oxidation sites excluding steroid dienone is 2. The predicted octanol–water partition coefficient (Wildman–Crippen LogP) is 8.01. The number of furan rings is 1. The van der Waals surface area contributed by atoms with E-state index in [9.17, 15) is 0 Å². The standard InChI is InChI=1S/C33H42N2O2/c1-22-13-16-29(33(3,4)26-15-14-24-10-7-8-11-25(24)19-26)32(18-22)37-31-20-27(30-12-9-17-36-30)28(23(31)2)21-34-35(5)6/h7-12,14-15,17,19-23,27-29,32H,13,16,18H2,1-6H3/b34-21+/t22-,23-,27-,28-,29-,32-/m1/s1. The van der Waals surface area contributed by atoms with Gasteiger partial charge in [0.1, 0.15) is 11.9 Å². The lowest BCUT2D eigenvalue weighted by Crippen LogP contribution is -2.42. The van der Waals surface area contributed by atoms with E-state index in [0.717, 1.165) is 17.9 Å². The van der Waals surface area contributed by atoms with Gasteiger partial charge in [0.05, 0.1) is 12.0 Å². The maximum absolute atomic E-state index is 7.05. The molecule has 1 heterocycles. The smallest absolute Gasteiger partial charge is 0.111 e. The van der Waals surface area contributed by atoms with Crippen LogP contribution in [0.2, 0.25) is 0 Å². The Kier molecular flexibility index (Phi) is 7.20. The van der Waals surface area contributed by atoms with Gasteiger partial charge >= 0.3 is 0 Å². The summed E-state index contributed by atoms with van der Waals surface area (Å²) in [6, 6.07) is 19.7. The molecule has 1 aromatic heterocycles. The van der Waals surface area contributed by atoms with Gasteiger partial charge in [-0.2, -0.15) is 5.10 Å². The van der Waals surface area contributed by atoms with Crippen molar-refractivity contribution >= 4 is 17.0 Å². The van der Waals surface area contributed by atoms with Gasteiger partial charge in [0, 0.05) is 44.0 Å². The Morgan fingerprint density at radius 3 is 2.51 bits per heavy atom. The number of benzene rings is 2. The minimum absolute atomic E-state index is 0.00341. The molecule has 0 aliphatic heterocycles. The van der Waals surface area contributed by atoms with E-state index in [0.29, 0.717) is 11.8 Å². The van der Waals surface area contributed by atoms with Crippen molar-refractivity contribution in [3.8, 4) is 0 Å². The number of hydrazone groups is 1. The number of ether oxygens (including phenoxy) is 1. The van der Waals surface area contributed by atoms with Crippen LogP contribution in [0.15, 0.2) is 82.2 Å². The molecule has 1 fully saturated rings. The normalized spacial score (nSPS) is 28.5. The average molecular weight is 499 g/mol. The molecule has 0 spiro atoms. The van der Waals surface area contributed by atoms with Gasteiger partial charge in [-0.05, 0) is 58.7 Å². The fourth-order valence-electron chi connectivity index (χ4n) is 6.54. The molecule has 0 radical (unpaired) electrons. The molecule has 1 saturated carbocycles. The first-order valence-corrected chi connectivity index (χ1v) is 13.9. The first kappa shape index (κ1) is 25.6. The molecule has 5 rings (SSSR count). The van der Waals surface area contributed by atoms with Gasteiger partial charge in [0.15, 0.2) is 0 Å². The van der Waals surface area contributed by atoms with Crippen molar-refractivity contribution in [3.63, 3.8) is 0 Å². The van der Waals surface area contributed by atoms with Gasteiger partial charge in [-0.15, -0.1) is 0 Å². The molecule has 2 aliphatic rings. The third-order valence-electron chi connectivity index (χ3n) is 8.89. The van der Waals surface area contributed by atoms with Crippen molar-refractivity contribution in [3.05, 3.63) is 84.0 Å². The highest BCUT2D eigenvalue weighted by atomic mass is 16.5. The second-order valence-electron chi connectivity index (χ2n) is 12.1. The minimum Gasteiger partial charge on any atom is -0.494 e. The molecule has 6 atom stereocenters. The zero-order chi connectivity index (χ0) is 26.2. The molecule has 37 heavy (non-hydrogen) atoms. The maximum atomic E-state index is 7.05. The Bertz CT molecular complexity index is 1260. The van der Waals surface area contributed by atoms with Crippen LogP contribution in [0.3, 0.4) is 0 Å². The third kappa shape index (κ3) is 5.21. The monoisotopic (exact) mass is 498 g/mol. The Balaban J connectivity index is 1.44.